The minimum atomic E-state index is -1.75. The predicted octanol–water partition coefficient (Wildman–Crippen LogP) is 1.95. The highest BCUT2D eigenvalue weighted by Crippen LogP contribution is 2.22. The van der Waals surface area contributed by atoms with E-state index in [1.165, 1.54) is 0 Å². The molecule has 4 heteroatoms. The molecule has 0 saturated carbocycles. The fraction of sp³-hybridized carbons (Fsp3) is 0.833. The Morgan fingerprint density at radius 1 is 1.60 bits per heavy atom. The monoisotopic (exact) mass is 163 g/mol. The molecule has 0 fully saturated rings. The van der Waals surface area contributed by atoms with Crippen LogP contribution in [0, 0.1) is 5.92 Å². The first kappa shape index (κ1) is 9.57. The van der Waals surface area contributed by atoms with Crippen molar-refractivity contribution in [3.63, 3.8) is 0 Å². The molecule has 0 aromatic rings. The topological polar surface area (TPSA) is 43.4 Å². The summed E-state index contributed by atoms with van der Waals surface area (Å²) in [5, 5.41) is 0. The lowest BCUT2D eigenvalue weighted by Crippen LogP contribution is -2.07. The molecule has 1 atom stereocenters. The first-order chi connectivity index (χ1) is 4.57. The summed E-state index contributed by atoms with van der Waals surface area (Å²) in [5.74, 6) is -0.575. The minimum absolute atomic E-state index is 0.189. The Hall–Kier alpha value is -0.430. The molecule has 0 aromatic heterocycles. The molecule has 0 aliphatic rings. The molecule has 0 radical (unpaired) electrons. The van der Waals surface area contributed by atoms with Gasteiger partial charge in [-0.15, -0.1) is 0 Å². The quantitative estimate of drug-likeness (QED) is 0.597. The van der Waals surface area contributed by atoms with Gasteiger partial charge in [0.15, 0.2) is 6.16 Å². The Morgan fingerprint density at radius 2 is 2.10 bits per heavy atom. The number of hydrogen-bond acceptors (Lipinski definition) is 3. The van der Waals surface area contributed by atoms with Crippen molar-refractivity contribution in [1.82, 2.24) is 0 Å². The average Bonchev–Trinajstić information content (AvgIpc) is 1.87. The highest BCUT2D eigenvalue weighted by molar-refractivity contribution is 7.39. The van der Waals surface area contributed by atoms with E-state index in [2.05, 4.69) is 4.52 Å². The first-order valence-electron chi connectivity index (χ1n) is 3.24. The van der Waals surface area contributed by atoms with E-state index in [-0.39, 0.29) is 11.9 Å². The Balaban J connectivity index is 3.69. The van der Waals surface area contributed by atoms with Gasteiger partial charge in [-0.2, -0.15) is 0 Å². The molecule has 0 aromatic carbocycles. The zero-order valence-electron chi connectivity index (χ0n) is 6.46. The van der Waals surface area contributed by atoms with Crippen molar-refractivity contribution >= 4 is 14.0 Å². The van der Waals surface area contributed by atoms with Gasteiger partial charge in [0.2, 0.25) is 0 Å². The van der Waals surface area contributed by atoms with E-state index < -0.39 is 8.03 Å². The minimum Gasteiger partial charge on any atom is -0.246 e. The van der Waals surface area contributed by atoms with E-state index in [1.807, 2.05) is 0 Å². The van der Waals surface area contributed by atoms with Crippen molar-refractivity contribution in [2.24, 2.45) is 5.92 Å². The maximum atomic E-state index is 10.7. The summed E-state index contributed by atoms with van der Waals surface area (Å²) in [6, 6.07) is 0. The molecule has 0 aliphatic heterocycles. The summed E-state index contributed by atoms with van der Waals surface area (Å²) < 4.78 is 15.2. The third-order valence-electron chi connectivity index (χ3n) is 0.921. The van der Waals surface area contributed by atoms with Crippen molar-refractivity contribution in [1.29, 1.82) is 0 Å². The summed E-state index contributed by atoms with van der Waals surface area (Å²) in [6.07, 6.45) is 0.397. The fourth-order valence-corrected chi connectivity index (χ4v) is 0.811. The second-order valence-corrected chi connectivity index (χ2v) is 3.69. The maximum Gasteiger partial charge on any atom is 0.558 e. The lowest BCUT2D eigenvalue weighted by molar-refractivity contribution is -0.137. The molecule has 0 saturated heterocycles. The third kappa shape index (κ3) is 3.57. The molecular formula is C6H12O3P+. The first-order valence-corrected chi connectivity index (χ1v) is 4.60. The van der Waals surface area contributed by atoms with Crippen LogP contribution >= 0.6 is 8.03 Å². The van der Waals surface area contributed by atoms with Crippen LogP contribution in [0.3, 0.4) is 0 Å². The van der Waals surface area contributed by atoms with E-state index in [1.54, 1.807) is 20.8 Å². The summed E-state index contributed by atoms with van der Waals surface area (Å²) in [6.45, 7) is 5.13. The van der Waals surface area contributed by atoms with E-state index in [0.717, 1.165) is 0 Å². The molecule has 0 heterocycles. The molecule has 0 aliphatic carbocycles. The summed E-state index contributed by atoms with van der Waals surface area (Å²) in [4.78, 5) is 10.7. The van der Waals surface area contributed by atoms with E-state index in [9.17, 15) is 9.36 Å². The van der Waals surface area contributed by atoms with Gasteiger partial charge in [-0.05, 0) is 11.5 Å². The van der Waals surface area contributed by atoms with E-state index >= 15 is 0 Å². The summed E-state index contributed by atoms with van der Waals surface area (Å²) in [7, 11) is -1.75. The van der Waals surface area contributed by atoms with Crippen molar-refractivity contribution in [3.8, 4) is 0 Å². The van der Waals surface area contributed by atoms with Crippen molar-refractivity contribution in [3.05, 3.63) is 0 Å². The average molecular weight is 163 g/mol. The SMILES string of the molecule is CC[P+](=O)OC(=O)C(C)C. The molecule has 58 valence electrons. The molecule has 0 bridgehead atoms. The lowest BCUT2D eigenvalue weighted by Gasteiger charge is -1.93. The molecule has 0 N–H and O–H groups in total. The molecule has 0 spiro atoms. The fourth-order valence-electron chi connectivity index (χ4n) is 0.270. The van der Waals surface area contributed by atoms with Crippen LogP contribution in [0.5, 0.6) is 0 Å². The van der Waals surface area contributed by atoms with Crippen molar-refractivity contribution < 1.29 is 13.9 Å². The van der Waals surface area contributed by atoms with Crippen LogP contribution in [0.4, 0.5) is 0 Å². The van der Waals surface area contributed by atoms with Crippen LogP contribution < -0.4 is 0 Å². The third-order valence-corrected chi connectivity index (χ3v) is 1.82. The zero-order valence-corrected chi connectivity index (χ0v) is 7.35. The second-order valence-electron chi connectivity index (χ2n) is 2.21. The second kappa shape index (κ2) is 4.40. The highest BCUT2D eigenvalue weighted by Gasteiger charge is 2.22. The van der Waals surface area contributed by atoms with Crippen LogP contribution in [0.2, 0.25) is 0 Å². The predicted molar refractivity (Wildman–Crippen MR) is 39.1 cm³/mol. The Morgan fingerprint density at radius 3 is 2.40 bits per heavy atom. The Labute approximate surface area is 61.6 Å². The number of hydrogen-bond donors (Lipinski definition) is 0. The van der Waals surface area contributed by atoms with Gasteiger partial charge in [-0.25, -0.2) is 9.32 Å². The van der Waals surface area contributed by atoms with Gasteiger partial charge in [0.25, 0.3) is 0 Å². The van der Waals surface area contributed by atoms with E-state index in [4.69, 9.17) is 0 Å². The molecule has 0 amide bonds. The van der Waals surface area contributed by atoms with Crippen LogP contribution in [0.25, 0.3) is 0 Å². The highest BCUT2D eigenvalue weighted by atomic mass is 31.1. The van der Waals surface area contributed by atoms with Crippen LogP contribution in [-0.4, -0.2) is 12.1 Å². The zero-order chi connectivity index (χ0) is 8.15. The standard InChI is InChI=1S/C6H12O3P/c1-4-10(8)9-6(7)5(2)3/h5H,4H2,1-3H3/q+1. The van der Waals surface area contributed by atoms with Gasteiger partial charge in [0.1, 0.15) is 0 Å². The van der Waals surface area contributed by atoms with Gasteiger partial charge in [0, 0.05) is 0 Å². The Kier molecular flexibility index (Phi) is 4.21. The molecule has 3 nitrogen and oxygen atoms in total. The maximum absolute atomic E-state index is 10.7. The number of carbonyl (C=O) groups is 1. The van der Waals surface area contributed by atoms with Gasteiger partial charge >= 0.3 is 14.0 Å². The smallest absolute Gasteiger partial charge is 0.246 e. The molecule has 1 unspecified atom stereocenters. The van der Waals surface area contributed by atoms with Crippen molar-refractivity contribution in [2.45, 2.75) is 20.8 Å². The molecule has 10 heavy (non-hydrogen) atoms. The van der Waals surface area contributed by atoms with Gasteiger partial charge in [0.05, 0.1) is 5.92 Å². The Bertz CT molecular complexity index is 142. The molecule has 0 rings (SSSR count). The largest absolute Gasteiger partial charge is 0.558 e. The normalized spacial score (nSPS) is 11.4. The van der Waals surface area contributed by atoms with Crippen molar-refractivity contribution in [2.75, 3.05) is 6.16 Å². The molecular weight excluding hydrogens is 151 g/mol. The number of carbonyl (C=O) groups excluding carboxylic acids is 1. The van der Waals surface area contributed by atoms with Crippen LogP contribution in [-0.2, 0) is 13.9 Å². The number of rotatable bonds is 3. The lowest BCUT2D eigenvalue weighted by atomic mass is 10.2. The van der Waals surface area contributed by atoms with Gasteiger partial charge in [-0.3, -0.25) is 0 Å². The van der Waals surface area contributed by atoms with Crippen LogP contribution in [0.15, 0.2) is 0 Å². The van der Waals surface area contributed by atoms with E-state index in [0.29, 0.717) is 6.16 Å². The summed E-state index contributed by atoms with van der Waals surface area (Å²) in [5.41, 5.74) is 0. The van der Waals surface area contributed by atoms with Crippen LogP contribution in [0.1, 0.15) is 20.8 Å². The summed E-state index contributed by atoms with van der Waals surface area (Å²) >= 11 is 0. The van der Waals surface area contributed by atoms with Gasteiger partial charge < -0.3 is 0 Å². The van der Waals surface area contributed by atoms with Gasteiger partial charge in [-0.1, -0.05) is 13.8 Å².